The van der Waals surface area contributed by atoms with Gasteiger partial charge in [0, 0.05) is 33.9 Å². The molecule has 2 aromatic carbocycles. The molecule has 0 atom stereocenters. The molecule has 0 unspecified atom stereocenters. The maximum absolute atomic E-state index is 13.4. The summed E-state index contributed by atoms with van der Waals surface area (Å²) >= 11 is 6.02. The number of alkyl halides is 3. The number of carbonyl (C=O) groups is 1. The Labute approximate surface area is 166 Å². The van der Waals surface area contributed by atoms with Crippen LogP contribution in [0.1, 0.15) is 27.2 Å². The molecule has 148 valence electrons. The predicted octanol–water partition coefficient (Wildman–Crippen LogP) is 5.38. The number of pyridine rings is 1. The lowest BCUT2D eigenvalue weighted by molar-refractivity contribution is -0.136. The molecular formula is C20H12ClF3N2O3. The highest BCUT2D eigenvalue weighted by Gasteiger charge is 2.35. The van der Waals surface area contributed by atoms with E-state index in [1.54, 1.807) is 24.4 Å². The summed E-state index contributed by atoms with van der Waals surface area (Å²) in [5.74, 6) is -2.21. The van der Waals surface area contributed by atoms with Crippen LogP contribution < -0.4 is 0 Å². The van der Waals surface area contributed by atoms with Crippen molar-refractivity contribution in [1.82, 2.24) is 9.97 Å². The van der Waals surface area contributed by atoms with Gasteiger partial charge in [-0.15, -0.1) is 0 Å². The van der Waals surface area contributed by atoms with Crippen LogP contribution in [-0.4, -0.2) is 26.2 Å². The number of rotatable bonds is 3. The van der Waals surface area contributed by atoms with Gasteiger partial charge in [0.1, 0.15) is 5.56 Å². The van der Waals surface area contributed by atoms with E-state index in [2.05, 4.69) is 9.97 Å². The highest BCUT2D eigenvalue weighted by molar-refractivity contribution is 6.31. The third-order valence-electron chi connectivity index (χ3n) is 4.67. The van der Waals surface area contributed by atoms with Gasteiger partial charge in [0.05, 0.1) is 16.8 Å². The normalized spacial score (nSPS) is 12.0. The number of para-hydroxylation sites is 1. The molecule has 0 saturated carbocycles. The second-order valence-electron chi connectivity index (χ2n) is 6.47. The predicted molar refractivity (Wildman–Crippen MR) is 101 cm³/mol. The first-order chi connectivity index (χ1) is 13.7. The Bertz CT molecular complexity index is 1280. The monoisotopic (exact) mass is 420 g/mol. The van der Waals surface area contributed by atoms with E-state index in [0.717, 1.165) is 17.6 Å². The van der Waals surface area contributed by atoms with Gasteiger partial charge in [-0.1, -0.05) is 23.7 Å². The van der Waals surface area contributed by atoms with Gasteiger partial charge in [0.25, 0.3) is 0 Å². The minimum absolute atomic E-state index is 0.0887. The van der Waals surface area contributed by atoms with Gasteiger partial charge in [-0.3, -0.25) is 0 Å². The first-order valence-corrected chi connectivity index (χ1v) is 8.75. The van der Waals surface area contributed by atoms with E-state index in [4.69, 9.17) is 11.6 Å². The van der Waals surface area contributed by atoms with E-state index in [1.807, 2.05) is 0 Å². The number of nitrogens with zero attached hydrogens (tertiary/aromatic N) is 1. The fourth-order valence-corrected chi connectivity index (χ4v) is 3.54. The average molecular weight is 421 g/mol. The zero-order valence-electron chi connectivity index (χ0n) is 14.5. The standard InChI is InChI=1S/C20H12ClF3N2O3/c21-10-4-5-14-12(7-10)9(8-25-14)6-15-18(27)16(19(28)29)11-2-1-3-13(17(11)26-15)20(22,23)24/h1-5,7-8,25,27H,6H2,(H,28,29). The molecule has 4 rings (SSSR count). The topological polar surface area (TPSA) is 86.2 Å². The summed E-state index contributed by atoms with van der Waals surface area (Å²) in [7, 11) is 0. The minimum atomic E-state index is -4.73. The van der Waals surface area contributed by atoms with Gasteiger partial charge >= 0.3 is 12.1 Å². The number of aromatic carboxylic acids is 1. The van der Waals surface area contributed by atoms with Crippen LogP contribution in [0.3, 0.4) is 0 Å². The number of H-pyrrole nitrogens is 1. The summed E-state index contributed by atoms with van der Waals surface area (Å²) in [6.45, 7) is 0. The zero-order chi connectivity index (χ0) is 20.9. The Morgan fingerprint density at radius 1 is 1.17 bits per heavy atom. The summed E-state index contributed by atoms with van der Waals surface area (Å²) in [5.41, 5.74) is -1.05. The third kappa shape index (κ3) is 3.25. The number of aromatic amines is 1. The molecule has 0 aliphatic rings. The molecule has 29 heavy (non-hydrogen) atoms. The van der Waals surface area contributed by atoms with Crippen LogP contribution in [0.4, 0.5) is 13.2 Å². The first-order valence-electron chi connectivity index (χ1n) is 8.37. The molecule has 2 heterocycles. The molecule has 0 amide bonds. The number of fused-ring (bicyclic) bond motifs is 2. The molecule has 0 aliphatic carbocycles. The number of aromatic hydroxyl groups is 1. The molecule has 0 radical (unpaired) electrons. The van der Waals surface area contributed by atoms with Crippen molar-refractivity contribution in [3.05, 3.63) is 70.0 Å². The first kappa shape index (κ1) is 19.1. The number of hydrogen-bond donors (Lipinski definition) is 3. The summed E-state index contributed by atoms with van der Waals surface area (Å²) in [5, 5.41) is 20.9. The van der Waals surface area contributed by atoms with Crippen molar-refractivity contribution < 1.29 is 28.2 Å². The molecule has 0 bridgehead atoms. The molecule has 2 aromatic heterocycles. The van der Waals surface area contributed by atoms with Crippen molar-refractivity contribution in [2.45, 2.75) is 12.6 Å². The van der Waals surface area contributed by atoms with Crippen molar-refractivity contribution >= 4 is 39.4 Å². The average Bonchev–Trinajstić information content (AvgIpc) is 3.02. The lowest BCUT2D eigenvalue weighted by Crippen LogP contribution is -2.10. The van der Waals surface area contributed by atoms with Crippen molar-refractivity contribution in [2.24, 2.45) is 0 Å². The second-order valence-corrected chi connectivity index (χ2v) is 6.90. The number of carboxylic acids is 1. The van der Waals surface area contributed by atoms with E-state index in [9.17, 15) is 28.2 Å². The zero-order valence-corrected chi connectivity index (χ0v) is 15.3. The van der Waals surface area contributed by atoms with Crippen molar-refractivity contribution in [3.63, 3.8) is 0 Å². The Balaban J connectivity index is 1.97. The molecule has 4 aromatic rings. The fraction of sp³-hybridized carbons (Fsp3) is 0.100. The van der Waals surface area contributed by atoms with Crippen LogP contribution >= 0.6 is 11.6 Å². The molecular weight excluding hydrogens is 409 g/mol. The highest BCUT2D eigenvalue weighted by atomic mass is 35.5. The quantitative estimate of drug-likeness (QED) is 0.415. The van der Waals surface area contributed by atoms with Gasteiger partial charge in [0.15, 0.2) is 5.75 Å². The number of aromatic nitrogens is 2. The third-order valence-corrected chi connectivity index (χ3v) is 4.90. The van der Waals surface area contributed by atoms with Gasteiger partial charge in [-0.05, 0) is 29.8 Å². The Morgan fingerprint density at radius 2 is 1.93 bits per heavy atom. The Kier molecular flexibility index (Phi) is 4.38. The number of carboxylic acid groups (broad SMARTS) is 1. The van der Waals surface area contributed by atoms with E-state index in [1.165, 1.54) is 6.07 Å². The summed E-state index contributed by atoms with van der Waals surface area (Å²) in [4.78, 5) is 18.7. The van der Waals surface area contributed by atoms with Gasteiger partial charge in [-0.2, -0.15) is 13.2 Å². The number of halogens is 4. The summed E-state index contributed by atoms with van der Waals surface area (Å²) < 4.78 is 40.3. The van der Waals surface area contributed by atoms with Crippen molar-refractivity contribution in [2.75, 3.05) is 0 Å². The maximum Gasteiger partial charge on any atom is 0.418 e. The Morgan fingerprint density at radius 3 is 2.62 bits per heavy atom. The summed E-state index contributed by atoms with van der Waals surface area (Å²) in [6, 6.07) is 8.18. The second kappa shape index (κ2) is 6.66. The van der Waals surface area contributed by atoms with Crippen LogP contribution in [0.2, 0.25) is 5.02 Å². The maximum atomic E-state index is 13.4. The fourth-order valence-electron chi connectivity index (χ4n) is 3.37. The SMILES string of the molecule is O=C(O)c1c(O)c(Cc2c[nH]c3ccc(Cl)cc23)nc2c(C(F)(F)F)cccc12. The lowest BCUT2D eigenvalue weighted by Gasteiger charge is -2.14. The summed E-state index contributed by atoms with van der Waals surface area (Å²) in [6.07, 6.45) is -3.21. The molecule has 0 saturated heterocycles. The van der Waals surface area contributed by atoms with Crippen LogP contribution in [0.25, 0.3) is 21.8 Å². The van der Waals surface area contributed by atoms with Gasteiger partial charge in [0.2, 0.25) is 0 Å². The van der Waals surface area contributed by atoms with E-state index >= 15 is 0 Å². The molecule has 0 aliphatic heterocycles. The van der Waals surface area contributed by atoms with Gasteiger partial charge in [-0.25, -0.2) is 9.78 Å². The molecule has 5 nitrogen and oxygen atoms in total. The Hall–Kier alpha value is -3.26. The molecule has 9 heteroatoms. The lowest BCUT2D eigenvalue weighted by atomic mass is 9.99. The van der Waals surface area contributed by atoms with Crippen molar-refractivity contribution in [1.29, 1.82) is 0 Å². The smallest absolute Gasteiger partial charge is 0.418 e. The minimum Gasteiger partial charge on any atom is -0.505 e. The largest absolute Gasteiger partial charge is 0.505 e. The van der Waals surface area contributed by atoms with E-state index in [0.29, 0.717) is 16.0 Å². The molecule has 0 spiro atoms. The highest BCUT2D eigenvalue weighted by Crippen LogP contribution is 2.38. The number of nitrogens with one attached hydrogen (secondary N) is 1. The van der Waals surface area contributed by atoms with Crippen LogP contribution in [0.5, 0.6) is 5.75 Å². The molecule has 3 N–H and O–H groups in total. The number of benzene rings is 2. The van der Waals surface area contributed by atoms with E-state index < -0.39 is 34.5 Å². The van der Waals surface area contributed by atoms with Crippen LogP contribution in [-0.2, 0) is 12.6 Å². The van der Waals surface area contributed by atoms with Gasteiger partial charge < -0.3 is 15.2 Å². The number of hydrogen-bond acceptors (Lipinski definition) is 3. The van der Waals surface area contributed by atoms with E-state index in [-0.39, 0.29) is 17.5 Å². The van der Waals surface area contributed by atoms with Crippen LogP contribution in [0, 0.1) is 0 Å². The van der Waals surface area contributed by atoms with Crippen LogP contribution in [0.15, 0.2) is 42.6 Å². The molecule has 0 fully saturated rings. The van der Waals surface area contributed by atoms with Crippen molar-refractivity contribution in [3.8, 4) is 5.75 Å².